The van der Waals surface area contributed by atoms with Gasteiger partial charge in [0.05, 0.1) is 11.5 Å². The van der Waals surface area contributed by atoms with Gasteiger partial charge in [-0.1, -0.05) is 6.07 Å². The van der Waals surface area contributed by atoms with Gasteiger partial charge in [0, 0.05) is 13.2 Å². The van der Waals surface area contributed by atoms with Crippen LogP contribution in [0.1, 0.15) is 5.56 Å². The van der Waals surface area contributed by atoms with Crippen molar-refractivity contribution < 1.29 is 24.3 Å². The molecular formula is C11H13NO6. The van der Waals surface area contributed by atoms with E-state index in [1.54, 1.807) is 13.0 Å². The van der Waals surface area contributed by atoms with E-state index in [-0.39, 0.29) is 18.0 Å². The molecule has 0 fully saturated rings. The molecule has 7 heteroatoms. The monoisotopic (exact) mass is 255 g/mol. The SMILES string of the molecule is COCC(Oc1ccc(C)cc1[N+](=O)[O-])C(=O)O. The van der Waals surface area contributed by atoms with Crippen LogP contribution in [0.25, 0.3) is 0 Å². The van der Waals surface area contributed by atoms with Gasteiger partial charge in [-0.2, -0.15) is 0 Å². The molecule has 0 amide bonds. The number of benzene rings is 1. The fourth-order valence-electron chi connectivity index (χ4n) is 1.33. The van der Waals surface area contributed by atoms with Crippen LogP contribution in [0.4, 0.5) is 5.69 Å². The number of rotatable bonds is 6. The zero-order valence-electron chi connectivity index (χ0n) is 9.95. The molecule has 0 saturated heterocycles. The molecular weight excluding hydrogens is 242 g/mol. The van der Waals surface area contributed by atoms with E-state index in [0.717, 1.165) is 0 Å². The van der Waals surface area contributed by atoms with E-state index < -0.39 is 17.0 Å². The van der Waals surface area contributed by atoms with Crippen LogP contribution in [0.3, 0.4) is 0 Å². The highest BCUT2D eigenvalue weighted by Gasteiger charge is 2.24. The Morgan fingerprint density at radius 2 is 2.22 bits per heavy atom. The van der Waals surface area contributed by atoms with Gasteiger partial charge in [0.15, 0.2) is 5.75 Å². The van der Waals surface area contributed by atoms with Crippen LogP contribution < -0.4 is 4.74 Å². The molecule has 0 radical (unpaired) electrons. The normalized spacial score (nSPS) is 11.9. The topological polar surface area (TPSA) is 98.9 Å². The molecule has 0 aliphatic heterocycles. The lowest BCUT2D eigenvalue weighted by Gasteiger charge is -2.14. The minimum atomic E-state index is -1.28. The van der Waals surface area contributed by atoms with Gasteiger partial charge in [-0.15, -0.1) is 0 Å². The lowest BCUT2D eigenvalue weighted by atomic mass is 10.2. The molecule has 1 atom stereocenters. The number of nitrogens with zero attached hydrogens (tertiary/aromatic N) is 1. The molecule has 0 aliphatic carbocycles. The first-order chi connectivity index (χ1) is 8.45. The van der Waals surface area contributed by atoms with Gasteiger partial charge in [-0.25, -0.2) is 4.79 Å². The molecule has 0 aromatic heterocycles. The fourth-order valence-corrected chi connectivity index (χ4v) is 1.33. The van der Waals surface area contributed by atoms with E-state index in [1.807, 2.05) is 0 Å². The van der Waals surface area contributed by atoms with Gasteiger partial charge in [0.1, 0.15) is 0 Å². The Kier molecular flexibility index (Phi) is 4.61. The van der Waals surface area contributed by atoms with Gasteiger partial charge >= 0.3 is 11.7 Å². The number of carboxylic acids is 1. The Labute approximate surface area is 103 Å². The second-order valence-electron chi connectivity index (χ2n) is 3.63. The maximum atomic E-state index is 10.9. The molecule has 1 N–H and O–H groups in total. The lowest BCUT2D eigenvalue weighted by Crippen LogP contribution is -2.31. The molecule has 1 aromatic carbocycles. The zero-order valence-corrected chi connectivity index (χ0v) is 9.95. The van der Waals surface area contributed by atoms with Crippen molar-refractivity contribution in [3.05, 3.63) is 33.9 Å². The predicted octanol–water partition coefficient (Wildman–Crippen LogP) is 1.38. The minimum absolute atomic E-state index is 0.0879. The average molecular weight is 255 g/mol. The van der Waals surface area contributed by atoms with E-state index >= 15 is 0 Å². The van der Waals surface area contributed by atoms with Crippen LogP contribution in [0, 0.1) is 17.0 Å². The summed E-state index contributed by atoms with van der Waals surface area (Å²) in [6, 6.07) is 4.30. The van der Waals surface area contributed by atoms with E-state index in [9.17, 15) is 14.9 Å². The number of hydrogen-bond acceptors (Lipinski definition) is 5. The summed E-state index contributed by atoms with van der Waals surface area (Å²) < 4.78 is 9.78. The van der Waals surface area contributed by atoms with E-state index in [4.69, 9.17) is 9.84 Å². The number of hydrogen-bond donors (Lipinski definition) is 1. The molecule has 0 saturated carbocycles. The van der Waals surface area contributed by atoms with Crippen molar-refractivity contribution in [2.24, 2.45) is 0 Å². The minimum Gasteiger partial charge on any atom is -0.478 e. The third kappa shape index (κ3) is 3.42. The maximum absolute atomic E-state index is 10.9. The summed E-state index contributed by atoms with van der Waals surface area (Å²) in [5.74, 6) is -1.33. The number of aliphatic carboxylic acids is 1. The Morgan fingerprint density at radius 1 is 1.56 bits per heavy atom. The number of aryl methyl sites for hydroxylation is 1. The molecule has 0 bridgehead atoms. The highest BCUT2D eigenvalue weighted by Crippen LogP contribution is 2.28. The predicted molar refractivity (Wildman–Crippen MR) is 61.8 cm³/mol. The Morgan fingerprint density at radius 3 is 2.72 bits per heavy atom. The summed E-state index contributed by atoms with van der Waals surface area (Å²) >= 11 is 0. The molecule has 98 valence electrons. The Bertz CT molecular complexity index is 459. The van der Waals surface area contributed by atoms with Gasteiger partial charge in [0.25, 0.3) is 0 Å². The standard InChI is InChI=1S/C11H13NO6/c1-7-3-4-9(8(5-7)12(15)16)18-10(6-17-2)11(13)14/h3-5,10H,6H2,1-2H3,(H,13,14). The maximum Gasteiger partial charge on any atom is 0.347 e. The van der Waals surface area contributed by atoms with Crippen LogP contribution >= 0.6 is 0 Å². The summed E-state index contributed by atoms with van der Waals surface area (Å²) in [5, 5.41) is 19.7. The highest BCUT2D eigenvalue weighted by atomic mass is 16.6. The van der Waals surface area contributed by atoms with Crippen LogP contribution in [-0.2, 0) is 9.53 Å². The molecule has 18 heavy (non-hydrogen) atoms. The first-order valence-corrected chi connectivity index (χ1v) is 5.09. The van der Waals surface area contributed by atoms with Crippen molar-refractivity contribution in [3.8, 4) is 5.75 Å². The van der Waals surface area contributed by atoms with Crippen LogP contribution in [-0.4, -0.2) is 35.8 Å². The van der Waals surface area contributed by atoms with Crippen molar-refractivity contribution >= 4 is 11.7 Å². The average Bonchev–Trinajstić information content (AvgIpc) is 2.30. The van der Waals surface area contributed by atoms with Crippen molar-refractivity contribution in [1.82, 2.24) is 0 Å². The second-order valence-corrected chi connectivity index (χ2v) is 3.63. The van der Waals surface area contributed by atoms with Gasteiger partial charge < -0.3 is 14.6 Å². The number of carbonyl (C=O) groups is 1. The quantitative estimate of drug-likeness (QED) is 0.609. The van der Waals surface area contributed by atoms with Crippen LogP contribution in [0.5, 0.6) is 5.75 Å². The highest BCUT2D eigenvalue weighted by molar-refractivity contribution is 5.73. The van der Waals surface area contributed by atoms with Crippen molar-refractivity contribution in [2.75, 3.05) is 13.7 Å². The number of carboxylic acid groups (broad SMARTS) is 1. The molecule has 1 unspecified atom stereocenters. The molecule has 0 heterocycles. The fraction of sp³-hybridized carbons (Fsp3) is 0.364. The first-order valence-electron chi connectivity index (χ1n) is 5.09. The summed E-state index contributed by atoms with van der Waals surface area (Å²) in [4.78, 5) is 21.1. The first kappa shape index (κ1) is 13.9. The molecule has 0 spiro atoms. The van der Waals surface area contributed by atoms with Gasteiger partial charge in [-0.3, -0.25) is 10.1 Å². The van der Waals surface area contributed by atoms with Crippen molar-refractivity contribution in [2.45, 2.75) is 13.0 Å². The largest absolute Gasteiger partial charge is 0.478 e. The van der Waals surface area contributed by atoms with Crippen LogP contribution in [0.15, 0.2) is 18.2 Å². The van der Waals surface area contributed by atoms with Gasteiger partial charge in [0.2, 0.25) is 6.10 Å². The van der Waals surface area contributed by atoms with Crippen molar-refractivity contribution in [3.63, 3.8) is 0 Å². The summed E-state index contributed by atoms with van der Waals surface area (Å²) in [6.45, 7) is 1.50. The van der Waals surface area contributed by atoms with Crippen molar-refractivity contribution in [1.29, 1.82) is 0 Å². The lowest BCUT2D eigenvalue weighted by molar-refractivity contribution is -0.386. The number of nitro groups is 1. The molecule has 7 nitrogen and oxygen atoms in total. The summed E-state index contributed by atoms with van der Waals surface area (Å²) in [5.41, 5.74) is 0.421. The number of ether oxygens (including phenoxy) is 2. The smallest absolute Gasteiger partial charge is 0.347 e. The number of methoxy groups -OCH3 is 1. The summed E-state index contributed by atoms with van der Waals surface area (Å²) in [6.07, 6.45) is -1.28. The Hall–Kier alpha value is -2.15. The van der Waals surface area contributed by atoms with E-state index in [1.165, 1.54) is 19.2 Å². The molecule has 1 aromatic rings. The second kappa shape index (κ2) is 5.97. The Balaban J connectivity index is 3.01. The molecule has 0 aliphatic rings. The molecule has 1 rings (SSSR count). The van der Waals surface area contributed by atoms with Crippen LogP contribution in [0.2, 0.25) is 0 Å². The van der Waals surface area contributed by atoms with E-state index in [2.05, 4.69) is 4.74 Å². The van der Waals surface area contributed by atoms with Gasteiger partial charge in [-0.05, 0) is 18.6 Å². The van der Waals surface area contributed by atoms with E-state index in [0.29, 0.717) is 5.56 Å². The zero-order chi connectivity index (χ0) is 13.7. The third-order valence-electron chi connectivity index (χ3n) is 2.17. The summed E-state index contributed by atoms with van der Waals surface area (Å²) in [7, 11) is 1.32. The third-order valence-corrected chi connectivity index (χ3v) is 2.17. The number of nitro benzene ring substituents is 1.